The van der Waals surface area contributed by atoms with Crippen LogP contribution in [0.1, 0.15) is 24.1 Å². The molecule has 0 aliphatic rings. The number of carbonyl (C=O) groups is 1. The summed E-state index contributed by atoms with van der Waals surface area (Å²) in [5.74, 6) is -0.176. The maximum absolute atomic E-state index is 11.9. The third-order valence-corrected chi connectivity index (χ3v) is 2.80. The molecule has 0 aliphatic heterocycles. The van der Waals surface area contributed by atoms with Gasteiger partial charge >= 0.3 is 0 Å². The number of carbonyl (C=O) groups excluding carboxylic acids is 1. The minimum Gasteiger partial charge on any atom is -0.385 e. The van der Waals surface area contributed by atoms with Crippen LogP contribution in [-0.2, 0) is 9.53 Å². The number of nitrogens with zero attached hydrogens (tertiary/aromatic N) is 1. The summed E-state index contributed by atoms with van der Waals surface area (Å²) in [5.41, 5.74) is 8.36. The molecule has 1 rings (SSSR count). The number of ether oxygens (including phenoxy) is 1. The Morgan fingerprint density at radius 3 is 2.89 bits per heavy atom. The SMILES string of the molecule is COCCCC(N)C(=O)Nc1c(C)ccnc1C. The summed E-state index contributed by atoms with van der Waals surface area (Å²) < 4.78 is 4.93. The Hall–Kier alpha value is -1.46. The topological polar surface area (TPSA) is 77.2 Å². The summed E-state index contributed by atoms with van der Waals surface area (Å²) in [7, 11) is 1.63. The van der Waals surface area contributed by atoms with Gasteiger partial charge in [-0.05, 0) is 38.3 Å². The number of aryl methyl sites for hydroxylation is 2. The van der Waals surface area contributed by atoms with Crippen LogP contribution in [0, 0.1) is 13.8 Å². The van der Waals surface area contributed by atoms with E-state index in [0.29, 0.717) is 13.0 Å². The van der Waals surface area contributed by atoms with Gasteiger partial charge in [-0.15, -0.1) is 0 Å². The highest BCUT2D eigenvalue weighted by Crippen LogP contribution is 2.17. The molecule has 5 nitrogen and oxygen atoms in total. The molecule has 0 fully saturated rings. The lowest BCUT2D eigenvalue weighted by Crippen LogP contribution is -2.36. The summed E-state index contributed by atoms with van der Waals surface area (Å²) in [5, 5.41) is 2.84. The zero-order valence-electron chi connectivity index (χ0n) is 11.2. The molecule has 3 N–H and O–H groups in total. The molecule has 5 heteroatoms. The first-order chi connectivity index (χ1) is 8.56. The van der Waals surface area contributed by atoms with Crippen LogP contribution < -0.4 is 11.1 Å². The first-order valence-electron chi connectivity index (χ1n) is 6.04. The van der Waals surface area contributed by atoms with E-state index in [4.69, 9.17) is 10.5 Å². The van der Waals surface area contributed by atoms with Crippen molar-refractivity contribution in [1.82, 2.24) is 4.98 Å². The minimum atomic E-state index is -0.515. The number of anilines is 1. The quantitative estimate of drug-likeness (QED) is 0.749. The van der Waals surface area contributed by atoms with E-state index in [1.807, 2.05) is 19.9 Å². The molecule has 18 heavy (non-hydrogen) atoms. The molecular weight excluding hydrogens is 230 g/mol. The van der Waals surface area contributed by atoms with Gasteiger partial charge < -0.3 is 15.8 Å². The average Bonchev–Trinajstić information content (AvgIpc) is 2.34. The van der Waals surface area contributed by atoms with E-state index in [1.165, 1.54) is 0 Å². The number of rotatable bonds is 6. The van der Waals surface area contributed by atoms with Crippen LogP contribution in [0.25, 0.3) is 0 Å². The molecule has 0 aliphatic carbocycles. The number of amides is 1. The largest absolute Gasteiger partial charge is 0.385 e. The number of methoxy groups -OCH3 is 1. The van der Waals surface area contributed by atoms with E-state index in [2.05, 4.69) is 10.3 Å². The third kappa shape index (κ3) is 4.09. The molecule has 0 spiro atoms. The highest BCUT2D eigenvalue weighted by Gasteiger charge is 2.15. The van der Waals surface area contributed by atoms with E-state index in [9.17, 15) is 4.79 Å². The summed E-state index contributed by atoms with van der Waals surface area (Å²) in [6, 6.07) is 1.35. The van der Waals surface area contributed by atoms with Crippen molar-refractivity contribution in [3.05, 3.63) is 23.5 Å². The minimum absolute atomic E-state index is 0.176. The Balaban J connectivity index is 2.58. The van der Waals surface area contributed by atoms with Crippen LogP contribution in [0.15, 0.2) is 12.3 Å². The van der Waals surface area contributed by atoms with E-state index < -0.39 is 6.04 Å². The number of pyridine rings is 1. The van der Waals surface area contributed by atoms with Crippen LogP contribution in [0.2, 0.25) is 0 Å². The fourth-order valence-corrected chi connectivity index (χ4v) is 1.68. The number of hydrogen-bond acceptors (Lipinski definition) is 4. The summed E-state index contributed by atoms with van der Waals surface area (Å²) in [4.78, 5) is 16.1. The van der Waals surface area contributed by atoms with Gasteiger partial charge in [0.2, 0.25) is 5.91 Å². The van der Waals surface area contributed by atoms with Gasteiger partial charge in [0.25, 0.3) is 0 Å². The second-order valence-electron chi connectivity index (χ2n) is 4.32. The maximum Gasteiger partial charge on any atom is 0.241 e. The predicted molar refractivity (Wildman–Crippen MR) is 71.4 cm³/mol. The van der Waals surface area contributed by atoms with Crippen molar-refractivity contribution in [2.75, 3.05) is 19.0 Å². The monoisotopic (exact) mass is 251 g/mol. The van der Waals surface area contributed by atoms with E-state index in [-0.39, 0.29) is 5.91 Å². The van der Waals surface area contributed by atoms with Crippen molar-refractivity contribution < 1.29 is 9.53 Å². The smallest absolute Gasteiger partial charge is 0.241 e. The van der Waals surface area contributed by atoms with Gasteiger partial charge in [0.15, 0.2) is 0 Å². The average molecular weight is 251 g/mol. The normalized spacial score (nSPS) is 12.2. The fraction of sp³-hybridized carbons (Fsp3) is 0.538. The van der Waals surface area contributed by atoms with E-state index in [0.717, 1.165) is 23.4 Å². The Bertz CT molecular complexity index is 387. The number of nitrogens with two attached hydrogens (primary N) is 1. The van der Waals surface area contributed by atoms with Crippen LogP contribution in [0.4, 0.5) is 5.69 Å². The molecule has 100 valence electrons. The highest BCUT2D eigenvalue weighted by atomic mass is 16.5. The van der Waals surface area contributed by atoms with Gasteiger partial charge in [-0.1, -0.05) is 0 Å². The zero-order chi connectivity index (χ0) is 13.5. The maximum atomic E-state index is 11.9. The highest BCUT2D eigenvalue weighted by molar-refractivity contribution is 5.95. The van der Waals surface area contributed by atoms with Crippen LogP contribution in [-0.4, -0.2) is 30.6 Å². The molecule has 0 saturated heterocycles. The van der Waals surface area contributed by atoms with Crippen molar-refractivity contribution in [1.29, 1.82) is 0 Å². The van der Waals surface area contributed by atoms with Gasteiger partial charge in [0.1, 0.15) is 0 Å². The lowest BCUT2D eigenvalue weighted by Gasteiger charge is -2.14. The van der Waals surface area contributed by atoms with Crippen LogP contribution >= 0.6 is 0 Å². The van der Waals surface area contributed by atoms with Crippen LogP contribution in [0.3, 0.4) is 0 Å². The van der Waals surface area contributed by atoms with Crippen molar-refractivity contribution >= 4 is 11.6 Å². The van der Waals surface area contributed by atoms with Gasteiger partial charge in [0.05, 0.1) is 17.4 Å². The molecule has 1 aromatic rings. The lowest BCUT2D eigenvalue weighted by molar-refractivity contribution is -0.117. The zero-order valence-corrected chi connectivity index (χ0v) is 11.2. The van der Waals surface area contributed by atoms with E-state index in [1.54, 1.807) is 13.3 Å². The first kappa shape index (κ1) is 14.6. The second kappa shape index (κ2) is 7.08. The molecule has 1 atom stereocenters. The van der Waals surface area contributed by atoms with Gasteiger partial charge in [0, 0.05) is 19.9 Å². The molecule has 1 amide bonds. The number of aromatic nitrogens is 1. The van der Waals surface area contributed by atoms with Crippen molar-refractivity contribution in [3.63, 3.8) is 0 Å². The molecule has 1 unspecified atom stereocenters. The van der Waals surface area contributed by atoms with Crippen LogP contribution in [0.5, 0.6) is 0 Å². The van der Waals surface area contributed by atoms with Crippen molar-refractivity contribution in [3.8, 4) is 0 Å². The molecule has 1 aromatic heterocycles. The summed E-state index contributed by atoms with van der Waals surface area (Å²) in [6.07, 6.45) is 3.10. The molecule has 0 radical (unpaired) electrons. The summed E-state index contributed by atoms with van der Waals surface area (Å²) >= 11 is 0. The van der Waals surface area contributed by atoms with Gasteiger partial charge in [-0.2, -0.15) is 0 Å². The van der Waals surface area contributed by atoms with Crippen molar-refractivity contribution in [2.45, 2.75) is 32.7 Å². The first-order valence-corrected chi connectivity index (χ1v) is 6.04. The predicted octanol–water partition coefficient (Wildman–Crippen LogP) is 1.39. The fourth-order valence-electron chi connectivity index (χ4n) is 1.68. The molecule has 1 heterocycles. The van der Waals surface area contributed by atoms with Gasteiger partial charge in [-0.3, -0.25) is 9.78 Å². The molecular formula is C13H21N3O2. The standard InChI is InChI=1S/C13H21N3O2/c1-9-6-7-15-10(2)12(9)16-13(17)11(14)5-4-8-18-3/h6-7,11H,4-5,8,14H2,1-3H3,(H,16,17). The Labute approximate surface area is 108 Å². The Morgan fingerprint density at radius 2 is 2.28 bits per heavy atom. The lowest BCUT2D eigenvalue weighted by atomic mass is 10.1. The Morgan fingerprint density at radius 1 is 1.56 bits per heavy atom. The third-order valence-electron chi connectivity index (χ3n) is 2.80. The second-order valence-corrected chi connectivity index (χ2v) is 4.32. The number of nitrogens with one attached hydrogen (secondary N) is 1. The number of hydrogen-bond donors (Lipinski definition) is 2. The Kier molecular flexibility index (Phi) is 5.74. The summed E-state index contributed by atoms with van der Waals surface area (Å²) in [6.45, 7) is 4.41. The molecule has 0 bridgehead atoms. The van der Waals surface area contributed by atoms with Gasteiger partial charge in [-0.25, -0.2) is 0 Å². The van der Waals surface area contributed by atoms with Crippen molar-refractivity contribution in [2.24, 2.45) is 5.73 Å². The molecule has 0 saturated carbocycles. The van der Waals surface area contributed by atoms with E-state index >= 15 is 0 Å². The molecule has 0 aromatic carbocycles.